The second-order valence-corrected chi connectivity index (χ2v) is 5.57. The highest BCUT2D eigenvalue weighted by molar-refractivity contribution is 5.94. The molecule has 1 amide bonds. The zero-order valence-corrected chi connectivity index (χ0v) is 12.4. The lowest BCUT2D eigenvalue weighted by Crippen LogP contribution is -2.37. The molecule has 1 aromatic heterocycles. The van der Waals surface area contributed by atoms with Crippen molar-refractivity contribution in [3.8, 4) is 12.3 Å². The Morgan fingerprint density at radius 3 is 2.32 bits per heavy atom. The minimum Gasteiger partial charge on any atom is -0.339 e. The van der Waals surface area contributed by atoms with E-state index in [-0.39, 0.29) is 5.91 Å². The molecule has 110 valence electrons. The number of hydrogen-bond acceptors (Lipinski definition) is 2. The van der Waals surface area contributed by atoms with Crippen LogP contribution in [0, 0.1) is 12.3 Å². The molecule has 3 nitrogen and oxygen atoms in total. The van der Waals surface area contributed by atoms with E-state index in [4.69, 9.17) is 6.42 Å². The van der Waals surface area contributed by atoms with Crippen molar-refractivity contribution in [3.05, 3.63) is 65.5 Å². The first-order valence-electron chi connectivity index (χ1n) is 7.54. The van der Waals surface area contributed by atoms with Crippen LogP contribution in [0.2, 0.25) is 0 Å². The summed E-state index contributed by atoms with van der Waals surface area (Å²) >= 11 is 0. The molecule has 1 aromatic carbocycles. The third-order valence-electron chi connectivity index (χ3n) is 4.26. The van der Waals surface area contributed by atoms with Crippen LogP contribution in [-0.4, -0.2) is 28.9 Å². The first-order valence-corrected chi connectivity index (χ1v) is 7.54. The third-order valence-corrected chi connectivity index (χ3v) is 4.26. The average Bonchev–Trinajstić information content (AvgIpc) is 2.62. The monoisotopic (exact) mass is 290 g/mol. The lowest BCUT2D eigenvalue weighted by atomic mass is 9.90. The van der Waals surface area contributed by atoms with Crippen molar-refractivity contribution in [1.82, 2.24) is 9.88 Å². The summed E-state index contributed by atoms with van der Waals surface area (Å²) in [5, 5.41) is 0. The number of likely N-dealkylation sites (tertiary alicyclic amines) is 1. The van der Waals surface area contributed by atoms with Crippen molar-refractivity contribution in [2.45, 2.75) is 18.8 Å². The van der Waals surface area contributed by atoms with Gasteiger partial charge in [-0.25, -0.2) is 0 Å². The zero-order chi connectivity index (χ0) is 15.4. The van der Waals surface area contributed by atoms with Gasteiger partial charge in [0.15, 0.2) is 0 Å². The number of aromatic nitrogens is 1. The predicted octanol–water partition coefficient (Wildman–Crippen LogP) is 3.08. The number of amides is 1. The number of piperidine rings is 1. The molecule has 1 fully saturated rings. The standard InChI is InChI=1S/C19H18N2O/c1-2-15-3-5-18(6-4-15)19(22)21-13-9-17(10-14-21)16-7-11-20-12-8-16/h1,3-8,11-12,17H,9-10,13-14H2. The number of carbonyl (C=O) groups excluding carboxylic acids is 1. The van der Waals surface area contributed by atoms with E-state index in [1.807, 2.05) is 41.6 Å². The van der Waals surface area contributed by atoms with E-state index in [1.165, 1.54) is 5.56 Å². The quantitative estimate of drug-likeness (QED) is 0.796. The van der Waals surface area contributed by atoms with Gasteiger partial charge < -0.3 is 4.90 Å². The fourth-order valence-electron chi connectivity index (χ4n) is 2.94. The van der Waals surface area contributed by atoms with Gasteiger partial charge in [0.2, 0.25) is 0 Å². The number of pyridine rings is 1. The molecule has 3 rings (SSSR count). The Morgan fingerprint density at radius 1 is 1.09 bits per heavy atom. The maximum atomic E-state index is 12.5. The Bertz CT molecular complexity index is 678. The minimum absolute atomic E-state index is 0.0942. The van der Waals surface area contributed by atoms with Crippen LogP contribution in [0.1, 0.15) is 40.2 Å². The molecule has 2 aromatic rings. The zero-order valence-electron chi connectivity index (χ0n) is 12.4. The van der Waals surface area contributed by atoms with Crippen LogP contribution in [0.5, 0.6) is 0 Å². The molecular formula is C19H18N2O. The summed E-state index contributed by atoms with van der Waals surface area (Å²) in [6.45, 7) is 1.59. The van der Waals surface area contributed by atoms with Crippen LogP contribution >= 0.6 is 0 Å². The topological polar surface area (TPSA) is 33.2 Å². The summed E-state index contributed by atoms with van der Waals surface area (Å²) in [6, 6.07) is 11.4. The molecule has 3 heteroatoms. The van der Waals surface area contributed by atoms with Gasteiger partial charge in [0.05, 0.1) is 0 Å². The van der Waals surface area contributed by atoms with Crippen LogP contribution in [0.3, 0.4) is 0 Å². The van der Waals surface area contributed by atoms with Gasteiger partial charge in [0, 0.05) is 36.6 Å². The van der Waals surface area contributed by atoms with E-state index >= 15 is 0 Å². The van der Waals surface area contributed by atoms with Crippen LogP contribution in [-0.2, 0) is 0 Å². The molecule has 0 bridgehead atoms. The van der Waals surface area contributed by atoms with Crippen molar-refractivity contribution in [1.29, 1.82) is 0 Å². The first kappa shape index (κ1) is 14.3. The highest BCUT2D eigenvalue weighted by atomic mass is 16.2. The molecule has 0 unspecified atom stereocenters. The Labute approximate surface area is 131 Å². The average molecular weight is 290 g/mol. The van der Waals surface area contributed by atoms with Crippen LogP contribution in [0.15, 0.2) is 48.8 Å². The number of benzene rings is 1. The summed E-state index contributed by atoms with van der Waals surface area (Å²) in [7, 11) is 0. The Hall–Kier alpha value is -2.60. The largest absolute Gasteiger partial charge is 0.339 e. The number of rotatable bonds is 2. The predicted molar refractivity (Wildman–Crippen MR) is 86.5 cm³/mol. The van der Waals surface area contributed by atoms with E-state index in [0.717, 1.165) is 31.5 Å². The van der Waals surface area contributed by atoms with Crippen molar-refractivity contribution < 1.29 is 4.79 Å². The smallest absolute Gasteiger partial charge is 0.253 e. The highest BCUT2D eigenvalue weighted by Crippen LogP contribution is 2.28. The van der Waals surface area contributed by atoms with Gasteiger partial charge in [-0.1, -0.05) is 5.92 Å². The normalized spacial score (nSPS) is 15.3. The summed E-state index contributed by atoms with van der Waals surface area (Å²) in [5.74, 6) is 3.18. The van der Waals surface area contributed by atoms with Gasteiger partial charge in [-0.3, -0.25) is 9.78 Å². The molecule has 0 radical (unpaired) electrons. The molecule has 1 saturated heterocycles. The fourth-order valence-corrected chi connectivity index (χ4v) is 2.94. The van der Waals surface area contributed by atoms with E-state index < -0.39 is 0 Å². The van der Waals surface area contributed by atoms with Gasteiger partial charge in [-0.15, -0.1) is 6.42 Å². The maximum absolute atomic E-state index is 12.5. The Morgan fingerprint density at radius 2 is 1.73 bits per heavy atom. The van der Waals surface area contributed by atoms with Crippen molar-refractivity contribution in [2.24, 2.45) is 0 Å². The molecule has 2 heterocycles. The van der Waals surface area contributed by atoms with Crippen LogP contribution in [0.25, 0.3) is 0 Å². The minimum atomic E-state index is 0.0942. The van der Waals surface area contributed by atoms with E-state index in [2.05, 4.69) is 23.0 Å². The highest BCUT2D eigenvalue weighted by Gasteiger charge is 2.24. The number of hydrogen-bond donors (Lipinski definition) is 0. The van der Waals surface area contributed by atoms with Crippen molar-refractivity contribution in [2.75, 3.05) is 13.1 Å². The molecule has 0 spiro atoms. The molecule has 22 heavy (non-hydrogen) atoms. The van der Waals surface area contributed by atoms with Gasteiger partial charge >= 0.3 is 0 Å². The summed E-state index contributed by atoms with van der Waals surface area (Å²) in [6.07, 6.45) is 11.0. The number of nitrogens with zero attached hydrogens (tertiary/aromatic N) is 2. The SMILES string of the molecule is C#Cc1ccc(C(=O)N2CCC(c3ccncc3)CC2)cc1. The van der Waals surface area contributed by atoms with Crippen molar-refractivity contribution in [3.63, 3.8) is 0 Å². The second kappa shape index (κ2) is 6.44. The molecule has 1 aliphatic rings. The number of carbonyl (C=O) groups is 1. The number of terminal acetylenes is 1. The van der Waals surface area contributed by atoms with Crippen molar-refractivity contribution >= 4 is 5.91 Å². The second-order valence-electron chi connectivity index (χ2n) is 5.57. The molecule has 0 atom stereocenters. The van der Waals surface area contributed by atoms with Crippen LogP contribution in [0.4, 0.5) is 0 Å². The Balaban J connectivity index is 1.63. The van der Waals surface area contributed by atoms with E-state index in [0.29, 0.717) is 11.5 Å². The fraction of sp³-hybridized carbons (Fsp3) is 0.263. The van der Waals surface area contributed by atoms with Crippen LogP contribution < -0.4 is 0 Å². The molecule has 0 aliphatic carbocycles. The van der Waals surface area contributed by atoms with E-state index in [1.54, 1.807) is 0 Å². The van der Waals surface area contributed by atoms with Gasteiger partial charge in [-0.2, -0.15) is 0 Å². The van der Waals surface area contributed by atoms with Gasteiger partial charge in [0.1, 0.15) is 0 Å². The molecule has 0 N–H and O–H groups in total. The summed E-state index contributed by atoms with van der Waals surface area (Å²) in [4.78, 5) is 18.5. The summed E-state index contributed by atoms with van der Waals surface area (Å²) in [5.41, 5.74) is 2.83. The molecule has 1 aliphatic heterocycles. The van der Waals surface area contributed by atoms with E-state index in [9.17, 15) is 4.79 Å². The first-order chi connectivity index (χ1) is 10.8. The van der Waals surface area contributed by atoms with Gasteiger partial charge in [-0.05, 0) is 60.7 Å². The molecule has 0 saturated carbocycles. The lowest BCUT2D eigenvalue weighted by molar-refractivity contribution is 0.0713. The van der Waals surface area contributed by atoms with Gasteiger partial charge in [0.25, 0.3) is 5.91 Å². The maximum Gasteiger partial charge on any atom is 0.253 e. The lowest BCUT2D eigenvalue weighted by Gasteiger charge is -2.32. The third kappa shape index (κ3) is 3.01. The molecular weight excluding hydrogens is 272 g/mol. The summed E-state index contributed by atoms with van der Waals surface area (Å²) < 4.78 is 0. The Kier molecular flexibility index (Phi) is 4.20.